The minimum Gasteiger partial charge on any atom is -0.504 e. The zero-order valence-electron chi connectivity index (χ0n) is 16.7. The third-order valence-corrected chi connectivity index (χ3v) is 4.77. The van der Waals surface area contributed by atoms with Crippen LogP contribution in [0.15, 0.2) is 47.6 Å². The first kappa shape index (κ1) is 20.5. The van der Waals surface area contributed by atoms with Gasteiger partial charge in [-0.15, -0.1) is 0 Å². The summed E-state index contributed by atoms with van der Waals surface area (Å²) in [5, 5.41) is 13.7. The molecule has 0 saturated carbocycles. The van der Waals surface area contributed by atoms with Crippen LogP contribution in [0.2, 0.25) is 0 Å². The molecule has 1 saturated heterocycles. The van der Waals surface area contributed by atoms with Crippen molar-refractivity contribution in [2.75, 3.05) is 51.8 Å². The van der Waals surface area contributed by atoms with Gasteiger partial charge in [-0.25, -0.2) is 5.43 Å². The molecule has 1 aliphatic heterocycles. The number of ether oxygens (including phenoxy) is 2. The number of carbonyl (C=O) groups is 1. The average Bonchev–Trinajstić information content (AvgIpc) is 2.74. The van der Waals surface area contributed by atoms with Crippen LogP contribution in [0.25, 0.3) is 0 Å². The molecule has 0 aromatic heterocycles. The van der Waals surface area contributed by atoms with Gasteiger partial charge in [-0.3, -0.25) is 9.69 Å². The maximum Gasteiger partial charge on any atom is 0.254 e. The van der Waals surface area contributed by atoms with Crippen molar-refractivity contribution < 1.29 is 19.4 Å². The lowest BCUT2D eigenvalue weighted by Gasteiger charge is -2.36. The number of aromatic hydroxyl groups is 1. The molecule has 154 valence electrons. The molecule has 1 heterocycles. The van der Waals surface area contributed by atoms with Gasteiger partial charge in [0.15, 0.2) is 11.5 Å². The summed E-state index contributed by atoms with van der Waals surface area (Å²) >= 11 is 0. The Balaban J connectivity index is 1.45. The van der Waals surface area contributed by atoms with Gasteiger partial charge in [-0.05, 0) is 35.9 Å². The molecule has 8 heteroatoms. The quantitative estimate of drug-likeness (QED) is 0.545. The number of hydrogen-bond donors (Lipinski definition) is 2. The number of benzene rings is 2. The predicted molar refractivity (Wildman–Crippen MR) is 112 cm³/mol. The summed E-state index contributed by atoms with van der Waals surface area (Å²) in [6.45, 7) is 3.48. The number of hydrogen-bond acceptors (Lipinski definition) is 7. The van der Waals surface area contributed by atoms with Crippen molar-refractivity contribution in [2.24, 2.45) is 5.10 Å². The van der Waals surface area contributed by atoms with E-state index in [9.17, 15) is 9.90 Å². The van der Waals surface area contributed by atoms with E-state index in [0.717, 1.165) is 37.6 Å². The van der Waals surface area contributed by atoms with Gasteiger partial charge in [0.1, 0.15) is 5.75 Å². The van der Waals surface area contributed by atoms with Crippen molar-refractivity contribution in [3.63, 3.8) is 0 Å². The highest BCUT2D eigenvalue weighted by Gasteiger charge is 2.20. The molecular formula is C21H26N4O4. The lowest BCUT2D eigenvalue weighted by atomic mass is 10.2. The Hall–Kier alpha value is -3.26. The highest BCUT2D eigenvalue weighted by Crippen LogP contribution is 2.28. The van der Waals surface area contributed by atoms with Gasteiger partial charge >= 0.3 is 0 Å². The van der Waals surface area contributed by atoms with E-state index in [0.29, 0.717) is 11.3 Å². The number of rotatable bonds is 7. The van der Waals surface area contributed by atoms with Crippen LogP contribution in [-0.2, 0) is 4.79 Å². The summed E-state index contributed by atoms with van der Waals surface area (Å²) in [6, 6.07) is 12.9. The number of methoxy groups -OCH3 is 2. The van der Waals surface area contributed by atoms with E-state index < -0.39 is 0 Å². The normalized spacial score (nSPS) is 14.8. The lowest BCUT2D eigenvalue weighted by molar-refractivity contribution is -0.122. The summed E-state index contributed by atoms with van der Waals surface area (Å²) in [6.07, 6.45) is 1.48. The van der Waals surface area contributed by atoms with E-state index in [1.54, 1.807) is 19.2 Å². The summed E-state index contributed by atoms with van der Waals surface area (Å²) in [5.41, 5.74) is 4.27. The molecule has 0 bridgehead atoms. The molecular weight excluding hydrogens is 372 g/mol. The molecule has 2 aromatic rings. The average molecular weight is 398 g/mol. The van der Waals surface area contributed by atoms with Crippen LogP contribution in [0.1, 0.15) is 5.56 Å². The highest BCUT2D eigenvalue weighted by molar-refractivity contribution is 5.83. The molecule has 0 aliphatic carbocycles. The fourth-order valence-corrected chi connectivity index (χ4v) is 3.24. The van der Waals surface area contributed by atoms with E-state index in [1.165, 1.54) is 19.4 Å². The van der Waals surface area contributed by atoms with Gasteiger partial charge in [0.2, 0.25) is 0 Å². The maximum absolute atomic E-state index is 12.2. The van der Waals surface area contributed by atoms with Gasteiger partial charge in [0.25, 0.3) is 5.91 Å². The summed E-state index contributed by atoms with van der Waals surface area (Å²) in [7, 11) is 3.16. The Kier molecular flexibility index (Phi) is 6.91. The van der Waals surface area contributed by atoms with E-state index in [1.807, 2.05) is 24.3 Å². The maximum atomic E-state index is 12.2. The first-order valence-corrected chi connectivity index (χ1v) is 9.40. The van der Waals surface area contributed by atoms with Crippen LogP contribution in [0.5, 0.6) is 17.2 Å². The predicted octanol–water partition coefficient (Wildman–Crippen LogP) is 1.68. The summed E-state index contributed by atoms with van der Waals surface area (Å²) < 4.78 is 10.4. The first-order valence-electron chi connectivity index (χ1n) is 9.40. The Labute approximate surface area is 170 Å². The third-order valence-electron chi connectivity index (χ3n) is 4.77. The number of phenols is 1. The molecule has 2 N–H and O–H groups in total. The molecule has 8 nitrogen and oxygen atoms in total. The van der Waals surface area contributed by atoms with Gasteiger partial charge in [-0.2, -0.15) is 5.10 Å². The van der Waals surface area contributed by atoms with E-state index >= 15 is 0 Å². The van der Waals surface area contributed by atoms with Crippen molar-refractivity contribution in [1.82, 2.24) is 10.3 Å². The standard InChI is InChI=1S/C21H26N4O4/c1-28-19-6-4-3-5-17(19)25-11-9-24(10-12-25)15-21(27)23-22-14-16-7-8-20(29-2)18(26)13-16/h3-8,13-14,26H,9-12,15H2,1-2H3,(H,23,27)/b22-14+. The van der Waals surface area contributed by atoms with Crippen molar-refractivity contribution in [3.8, 4) is 17.2 Å². The van der Waals surface area contributed by atoms with Crippen LogP contribution in [0, 0.1) is 0 Å². The van der Waals surface area contributed by atoms with Crippen LogP contribution in [-0.4, -0.2) is 69.1 Å². The minimum absolute atomic E-state index is 0.0238. The number of nitrogens with one attached hydrogen (secondary N) is 1. The SMILES string of the molecule is COc1ccc(/C=N/NC(=O)CN2CCN(c3ccccc3OC)CC2)cc1O. The molecule has 1 amide bonds. The number of carbonyl (C=O) groups excluding carboxylic acids is 1. The zero-order chi connectivity index (χ0) is 20.6. The molecule has 2 aromatic carbocycles. The highest BCUT2D eigenvalue weighted by atomic mass is 16.5. The molecule has 0 radical (unpaired) electrons. The molecule has 1 aliphatic rings. The summed E-state index contributed by atoms with van der Waals surface area (Å²) in [5.74, 6) is 1.09. The second-order valence-corrected chi connectivity index (χ2v) is 6.66. The van der Waals surface area contributed by atoms with Crippen molar-refractivity contribution in [2.45, 2.75) is 0 Å². The van der Waals surface area contributed by atoms with Crippen LogP contribution < -0.4 is 19.8 Å². The smallest absolute Gasteiger partial charge is 0.254 e. The molecule has 29 heavy (non-hydrogen) atoms. The van der Waals surface area contributed by atoms with Gasteiger partial charge in [0.05, 0.1) is 32.7 Å². The number of hydrazone groups is 1. The van der Waals surface area contributed by atoms with Gasteiger partial charge in [0, 0.05) is 26.2 Å². The fourth-order valence-electron chi connectivity index (χ4n) is 3.24. The largest absolute Gasteiger partial charge is 0.504 e. The molecule has 0 unspecified atom stereocenters. The lowest BCUT2D eigenvalue weighted by Crippen LogP contribution is -2.49. The summed E-state index contributed by atoms with van der Waals surface area (Å²) in [4.78, 5) is 16.5. The van der Waals surface area contributed by atoms with Crippen LogP contribution in [0.3, 0.4) is 0 Å². The molecule has 0 atom stereocenters. The van der Waals surface area contributed by atoms with Crippen LogP contribution in [0.4, 0.5) is 5.69 Å². The zero-order valence-corrected chi connectivity index (χ0v) is 16.7. The van der Waals surface area contributed by atoms with Crippen LogP contribution >= 0.6 is 0 Å². The van der Waals surface area contributed by atoms with Gasteiger partial charge < -0.3 is 19.5 Å². The van der Waals surface area contributed by atoms with Gasteiger partial charge in [-0.1, -0.05) is 12.1 Å². The van der Waals surface area contributed by atoms with E-state index in [2.05, 4.69) is 20.3 Å². The number of phenolic OH excluding ortho intramolecular Hbond substituents is 1. The Morgan fingerprint density at radius 2 is 1.83 bits per heavy atom. The number of para-hydroxylation sites is 2. The van der Waals surface area contributed by atoms with Crippen molar-refractivity contribution in [1.29, 1.82) is 0 Å². The van der Waals surface area contributed by atoms with Crippen molar-refractivity contribution in [3.05, 3.63) is 48.0 Å². The number of amides is 1. The van der Waals surface area contributed by atoms with E-state index in [-0.39, 0.29) is 18.2 Å². The van der Waals surface area contributed by atoms with E-state index in [4.69, 9.17) is 9.47 Å². The second kappa shape index (κ2) is 9.79. The minimum atomic E-state index is -0.176. The monoisotopic (exact) mass is 398 g/mol. The first-order chi connectivity index (χ1) is 14.1. The van der Waals surface area contributed by atoms with Crippen molar-refractivity contribution >= 4 is 17.8 Å². The third kappa shape index (κ3) is 5.39. The fraction of sp³-hybridized carbons (Fsp3) is 0.333. The number of anilines is 1. The molecule has 3 rings (SSSR count). The topological polar surface area (TPSA) is 86.6 Å². The second-order valence-electron chi connectivity index (χ2n) is 6.66. The molecule has 1 fully saturated rings. The number of nitrogens with zero attached hydrogens (tertiary/aromatic N) is 3. The Morgan fingerprint density at radius 1 is 1.10 bits per heavy atom. The molecule has 0 spiro atoms. The number of piperazine rings is 1. The Bertz CT molecular complexity index is 864. The Morgan fingerprint density at radius 3 is 2.52 bits per heavy atom.